The van der Waals surface area contributed by atoms with Crippen molar-refractivity contribution in [2.75, 3.05) is 12.8 Å². The molecule has 1 N–H and O–H groups in total. The van der Waals surface area contributed by atoms with Crippen molar-refractivity contribution >= 4 is 11.8 Å². The van der Waals surface area contributed by atoms with E-state index in [9.17, 15) is 0 Å². The van der Waals surface area contributed by atoms with Crippen LogP contribution in [-0.4, -0.2) is 22.5 Å². The highest BCUT2D eigenvalue weighted by Gasteiger charge is 2.41. The van der Waals surface area contributed by atoms with Gasteiger partial charge in [0.15, 0.2) is 0 Å². The molecule has 3 heteroatoms. The van der Waals surface area contributed by atoms with Crippen LogP contribution in [0.5, 0.6) is 0 Å². The number of hydrogen-bond acceptors (Lipinski definition) is 3. The Kier molecular flexibility index (Phi) is 3.32. The first-order valence-electron chi connectivity index (χ1n) is 5.45. The van der Waals surface area contributed by atoms with Crippen molar-refractivity contribution in [2.45, 2.75) is 30.6 Å². The molecule has 1 atom stereocenters. The van der Waals surface area contributed by atoms with Crippen molar-refractivity contribution in [3.05, 3.63) is 30.1 Å². The Morgan fingerprint density at radius 3 is 2.87 bits per heavy atom. The van der Waals surface area contributed by atoms with Crippen molar-refractivity contribution in [3.8, 4) is 0 Å². The molecule has 1 heterocycles. The first-order valence-corrected chi connectivity index (χ1v) is 6.68. The van der Waals surface area contributed by atoms with Crippen LogP contribution in [0.25, 0.3) is 0 Å². The Bertz CT molecular complexity index is 309. The molecule has 0 aromatic carbocycles. The minimum Gasteiger partial charge on any atom is -0.307 e. The molecule has 0 spiro atoms. The summed E-state index contributed by atoms with van der Waals surface area (Å²) in [6, 6.07) is 6.44. The zero-order valence-electron chi connectivity index (χ0n) is 9.36. The molecule has 0 amide bonds. The molecule has 1 fully saturated rings. The van der Waals surface area contributed by atoms with E-state index >= 15 is 0 Å². The molecule has 15 heavy (non-hydrogen) atoms. The summed E-state index contributed by atoms with van der Waals surface area (Å²) in [6.45, 7) is 3.28. The van der Waals surface area contributed by atoms with E-state index in [1.165, 1.54) is 12.8 Å². The highest BCUT2D eigenvalue weighted by atomic mass is 32.2. The molecule has 1 aliphatic rings. The molecule has 1 unspecified atom stereocenters. The lowest BCUT2D eigenvalue weighted by Gasteiger charge is -2.18. The van der Waals surface area contributed by atoms with E-state index in [1.54, 1.807) is 0 Å². The molecular formula is C12H18N2S. The van der Waals surface area contributed by atoms with Crippen LogP contribution < -0.4 is 5.32 Å². The Balaban J connectivity index is 1.85. The fourth-order valence-corrected chi connectivity index (χ4v) is 2.41. The summed E-state index contributed by atoms with van der Waals surface area (Å²) < 4.78 is 0.531. The fourth-order valence-electron chi connectivity index (χ4n) is 1.67. The second kappa shape index (κ2) is 4.54. The Morgan fingerprint density at radius 1 is 1.53 bits per heavy atom. The molecule has 2 rings (SSSR count). The maximum Gasteiger partial charge on any atom is 0.0570 e. The minimum absolute atomic E-state index is 0.357. The second-order valence-electron chi connectivity index (χ2n) is 4.24. The highest BCUT2D eigenvalue weighted by Crippen LogP contribution is 2.46. The van der Waals surface area contributed by atoms with Gasteiger partial charge in [-0.3, -0.25) is 4.98 Å². The maximum absolute atomic E-state index is 4.36. The standard InChI is InChI=1S/C12H18N2S/c1-10(11-5-3-4-8-13-11)14-9-12(15-2)6-7-12/h3-5,8,10,14H,6-7,9H2,1-2H3. The average Bonchev–Trinajstić information content (AvgIpc) is 3.08. The molecule has 1 saturated carbocycles. The first kappa shape index (κ1) is 11.0. The van der Waals surface area contributed by atoms with Gasteiger partial charge in [0, 0.05) is 23.5 Å². The number of thioether (sulfide) groups is 1. The molecule has 2 nitrogen and oxygen atoms in total. The zero-order chi connectivity index (χ0) is 10.7. The van der Waals surface area contributed by atoms with Crippen LogP contribution in [0.4, 0.5) is 0 Å². The van der Waals surface area contributed by atoms with Crippen LogP contribution in [0.3, 0.4) is 0 Å². The van der Waals surface area contributed by atoms with Gasteiger partial charge in [-0.1, -0.05) is 6.07 Å². The van der Waals surface area contributed by atoms with E-state index in [1.807, 2.05) is 30.1 Å². The Hall–Kier alpha value is -0.540. The molecule has 0 bridgehead atoms. The quantitative estimate of drug-likeness (QED) is 0.829. The van der Waals surface area contributed by atoms with Crippen molar-refractivity contribution in [1.82, 2.24) is 10.3 Å². The van der Waals surface area contributed by atoms with E-state index in [2.05, 4.69) is 29.5 Å². The van der Waals surface area contributed by atoms with Gasteiger partial charge in [-0.05, 0) is 38.2 Å². The van der Waals surface area contributed by atoms with E-state index in [4.69, 9.17) is 0 Å². The van der Waals surface area contributed by atoms with Gasteiger partial charge in [-0.2, -0.15) is 11.8 Å². The molecule has 82 valence electrons. The van der Waals surface area contributed by atoms with Crippen LogP contribution in [0.15, 0.2) is 24.4 Å². The number of hydrogen-bond donors (Lipinski definition) is 1. The van der Waals surface area contributed by atoms with Gasteiger partial charge in [-0.15, -0.1) is 0 Å². The normalized spacial score (nSPS) is 19.9. The predicted molar refractivity (Wildman–Crippen MR) is 66.1 cm³/mol. The third kappa shape index (κ3) is 2.73. The first-order chi connectivity index (χ1) is 7.26. The predicted octanol–water partition coefficient (Wildman–Crippen LogP) is 2.63. The SMILES string of the molecule is CSC1(CNC(C)c2ccccn2)CC1. The van der Waals surface area contributed by atoms with Gasteiger partial charge in [0.25, 0.3) is 0 Å². The number of rotatable bonds is 5. The molecule has 0 saturated heterocycles. The lowest BCUT2D eigenvalue weighted by molar-refractivity contribution is 0.552. The third-order valence-electron chi connectivity index (χ3n) is 3.10. The van der Waals surface area contributed by atoms with Gasteiger partial charge in [-0.25, -0.2) is 0 Å². The summed E-state index contributed by atoms with van der Waals surface area (Å²) in [5, 5.41) is 3.57. The van der Waals surface area contributed by atoms with Crippen molar-refractivity contribution < 1.29 is 0 Å². The largest absolute Gasteiger partial charge is 0.307 e. The zero-order valence-corrected chi connectivity index (χ0v) is 10.2. The summed E-state index contributed by atoms with van der Waals surface area (Å²) in [4.78, 5) is 4.36. The van der Waals surface area contributed by atoms with Gasteiger partial charge in [0.2, 0.25) is 0 Å². The summed E-state index contributed by atoms with van der Waals surface area (Å²) in [6.07, 6.45) is 6.78. The van der Waals surface area contributed by atoms with Crippen molar-refractivity contribution in [3.63, 3.8) is 0 Å². The topological polar surface area (TPSA) is 24.9 Å². The summed E-state index contributed by atoms with van der Waals surface area (Å²) in [5.41, 5.74) is 1.13. The lowest BCUT2D eigenvalue weighted by atomic mass is 10.2. The van der Waals surface area contributed by atoms with Crippen LogP contribution in [0.2, 0.25) is 0 Å². The lowest BCUT2D eigenvalue weighted by Crippen LogP contribution is -2.28. The van der Waals surface area contributed by atoms with E-state index < -0.39 is 0 Å². The van der Waals surface area contributed by atoms with E-state index in [-0.39, 0.29) is 0 Å². The maximum atomic E-state index is 4.36. The number of pyridine rings is 1. The summed E-state index contributed by atoms with van der Waals surface area (Å²) in [5.74, 6) is 0. The van der Waals surface area contributed by atoms with E-state index in [0.29, 0.717) is 10.8 Å². The van der Waals surface area contributed by atoms with Crippen molar-refractivity contribution in [1.29, 1.82) is 0 Å². The Morgan fingerprint density at radius 2 is 2.33 bits per heavy atom. The molecule has 1 aliphatic carbocycles. The van der Waals surface area contributed by atoms with E-state index in [0.717, 1.165) is 12.2 Å². The molecule has 1 aromatic rings. The van der Waals surface area contributed by atoms with Gasteiger partial charge in [0.1, 0.15) is 0 Å². The molecular weight excluding hydrogens is 204 g/mol. The van der Waals surface area contributed by atoms with Crippen molar-refractivity contribution in [2.24, 2.45) is 0 Å². The second-order valence-corrected chi connectivity index (χ2v) is 5.52. The number of aromatic nitrogens is 1. The van der Waals surface area contributed by atoms with Crippen LogP contribution in [0.1, 0.15) is 31.5 Å². The van der Waals surface area contributed by atoms with Gasteiger partial charge < -0.3 is 5.32 Å². The van der Waals surface area contributed by atoms with Gasteiger partial charge >= 0.3 is 0 Å². The monoisotopic (exact) mass is 222 g/mol. The van der Waals surface area contributed by atoms with Crippen LogP contribution in [0, 0.1) is 0 Å². The summed E-state index contributed by atoms with van der Waals surface area (Å²) >= 11 is 1.99. The molecule has 0 aliphatic heterocycles. The molecule has 0 radical (unpaired) electrons. The minimum atomic E-state index is 0.357. The fraction of sp³-hybridized carbons (Fsp3) is 0.583. The average molecular weight is 222 g/mol. The number of nitrogens with zero attached hydrogens (tertiary/aromatic N) is 1. The third-order valence-corrected chi connectivity index (χ3v) is 4.52. The van der Waals surface area contributed by atoms with Crippen LogP contribution >= 0.6 is 11.8 Å². The number of nitrogens with one attached hydrogen (secondary N) is 1. The Labute approximate surface area is 95.9 Å². The van der Waals surface area contributed by atoms with Crippen LogP contribution in [-0.2, 0) is 0 Å². The summed E-state index contributed by atoms with van der Waals surface area (Å²) in [7, 11) is 0. The van der Waals surface area contributed by atoms with Gasteiger partial charge in [0.05, 0.1) is 5.69 Å². The highest BCUT2D eigenvalue weighted by molar-refractivity contribution is 8.00. The molecule has 1 aromatic heterocycles. The smallest absolute Gasteiger partial charge is 0.0570 e.